The summed E-state index contributed by atoms with van der Waals surface area (Å²) < 4.78 is 1.83. The van der Waals surface area contributed by atoms with Crippen LogP contribution in [0.25, 0.3) is 5.65 Å². The molecular formula is C16H15N3O2. The molecule has 1 aromatic carbocycles. The monoisotopic (exact) mass is 281 g/mol. The van der Waals surface area contributed by atoms with Crippen LogP contribution in [0.3, 0.4) is 0 Å². The molecule has 2 heterocycles. The summed E-state index contributed by atoms with van der Waals surface area (Å²) in [5.74, 6) is -0.233. The summed E-state index contributed by atoms with van der Waals surface area (Å²) in [7, 11) is 0. The molecule has 2 aromatic heterocycles. The fraction of sp³-hybridized carbons (Fsp3) is 0.125. The van der Waals surface area contributed by atoms with Gasteiger partial charge in [-0.3, -0.25) is 4.79 Å². The highest BCUT2D eigenvalue weighted by Gasteiger charge is 2.15. The van der Waals surface area contributed by atoms with E-state index >= 15 is 0 Å². The lowest BCUT2D eigenvalue weighted by atomic mass is 10.1. The molecule has 106 valence electrons. The van der Waals surface area contributed by atoms with Crippen LogP contribution in [0.4, 0.5) is 0 Å². The summed E-state index contributed by atoms with van der Waals surface area (Å²) in [6, 6.07) is 12.4. The third kappa shape index (κ3) is 2.78. The van der Waals surface area contributed by atoms with Gasteiger partial charge in [0.05, 0.1) is 12.6 Å². The number of aromatic nitrogens is 2. The molecule has 21 heavy (non-hydrogen) atoms. The van der Waals surface area contributed by atoms with E-state index in [9.17, 15) is 9.90 Å². The molecule has 0 radical (unpaired) electrons. The number of hydrogen-bond acceptors (Lipinski definition) is 3. The number of carbonyl (C=O) groups excluding carboxylic acids is 1. The number of fused-ring (bicyclic) bond motifs is 1. The Balaban J connectivity index is 1.81. The Hall–Kier alpha value is -2.66. The third-order valence-corrected chi connectivity index (χ3v) is 3.35. The predicted octanol–water partition coefficient (Wildman–Crippen LogP) is 1.80. The average molecular weight is 281 g/mol. The van der Waals surface area contributed by atoms with Crippen LogP contribution in [-0.2, 0) is 0 Å². The van der Waals surface area contributed by atoms with Crippen LogP contribution in [-0.4, -0.2) is 27.0 Å². The van der Waals surface area contributed by atoms with Gasteiger partial charge in [-0.2, -0.15) is 0 Å². The van der Waals surface area contributed by atoms with E-state index in [1.807, 2.05) is 40.9 Å². The van der Waals surface area contributed by atoms with Crippen molar-refractivity contribution in [3.8, 4) is 0 Å². The van der Waals surface area contributed by atoms with Gasteiger partial charge in [-0.05, 0) is 17.7 Å². The van der Waals surface area contributed by atoms with Crippen molar-refractivity contribution >= 4 is 11.6 Å². The molecule has 0 saturated heterocycles. The van der Waals surface area contributed by atoms with E-state index < -0.39 is 6.04 Å². The number of carbonyl (C=O) groups is 1. The van der Waals surface area contributed by atoms with Gasteiger partial charge >= 0.3 is 0 Å². The molecule has 0 bridgehead atoms. The lowest BCUT2D eigenvalue weighted by Crippen LogP contribution is -2.30. The zero-order chi connectivity index (χ0) is 14.7. The van der Waals surface area contributed by atoms with Gasteiger partial charge < -0.3 is 14.8 Å². The second-order valence-electron chi connectivity index (χ2n) is 4.73. The molecule has 1 atom stereocenters. The largest absolute Gasteiger partial charge is 0.394 e. The number of pyridine rings is 1. The molecule has 0 fully saturated rings. The highest BCUT2D eigenvalue weighted by Crippen LogP contribution is 2.13. The Morgan fingerprint density at radius 2 is 2.05 bits per heavy atom. The van der Waals surface area contributed by atoms with E-state index in [-0.39, 0.29) is 12.5 Å². The lowest BCUT2D eigenvalue weighted by Gasteiger charge is -2.16. The van der Waals surface area contributed by atoms with Gasteiger partial charge in [0, 0.05) is 24.2 Å². The van der Waals surface area contributed by atoms with Crippen molar-refractivity contribution in [2.45, 2.75) is 6.04 Å². The van der Waals surface area contributed by atoms with E-state index in [0.29, 0.717) is 11.2 Å². The summed E-state index contributed by atoms with van der Waals surface area (Å²) in [4.78, 5) is 16.4. The molecule has 0 aliphatic rings. The summed E-state index contributed by atoms with van der Waals surface area (Å²) in [5.41, 5.74) is 2.10. The zero-order valence-electron chi connectivity index (χ0n) is 11.3. The van der Waals surface area contributed by atoms with Crippen molar-refractivity contribution in [3.05, 3.63) is 72.2 Å². The Bertz CT molecular complexity index is 752. The number of nitrogens with one attached hydrogen (secondary N) is 1. The smallest absolute Gasteiger partial charge is 0.252 e. The molecule has 2 N–H and O–H groups in total. The van der Waals surface area contributed by atoms with E-state index in [1.165, 1.54) is 0 Å². The highest BCUT2D eigenvalue weighted by atomic mass is 16.3. The minimum absolute atomic E-state index is 0.151. The molecular weight excluding hydrogens is 266 g/mol. The molecule has 5 nitrogen and oxygen atoms in total. The van der Waals surface area contributed by atoms with Crippen molar-refractivity contribution < 1.29 is 9.90 Å². The van der Waals surface area contributed by atoms with Crippen LogP contribution < -0.4 is 5.32 Å². The van der Waals surface area contributed by atoms with Crippen molar-refractivity contribution in [1.29, 1.82) is 0 Å². The first-order valence-electron chi connectivity index (χ1n) is 6.67. The minimum atomic E-state index is -0.422. The SMILES string of the molecule is O=C(N[C@H](CO)c1ccccc1)c1ccn2ccnc2c1. The Morgan fingerprint density at radius 1 is 1.24 bits per heavy atom. The number of aliphatic hydroxyl groups is 1. The van der Waals surface area contributed by atoms with Crippen LogP contribution in [0.15, 0.2) is 61.1 Å². The first kappa shape index (κ1) is 13.3. The Kier molecular flexibility index (Phi) is 3.66. The van der Waals surface area contributed by atoms with Gasteiger partial charge in [-0.25, -0.2) is 4.98 Å². The van der Waals surface area contributed by atoms with Crippen molar-refractivity contribution in [2.24, 2.45) is 0 Å². The summed E-state index contributed by atoms with van der Waals surface area (Å²) in [6.45, 7) is -0.151. The van der Waals surface area contributed by atoms with Gasteiger partial charge in [0.2, 0.25) is 0 Å². The third-order valence-electron chi connectivity index (χ3n) is 3.35. The molecule has 0 aliphatic heterocycles. The van der Waals surface area contributed by atoms with Crippen LogP contribution in [0.1, 0.15) is 22.0 Å². The average Bonchev–Trinajstić information content (AvgIpc) is 3.00. The quantitative estimate of drug-likeness (QED) is 0.766. The fourth-order valence-corrected chi connectivity index (χ4v) is 2.21. The number of rotatable bonds is 4. The van der Waals surface area contributed by atoms with Gasteiger partial charge in [0.1, 0.15) is 5.65 Å². The molecule has 1 amide bonds. The number of hydrogen-bond donors (Lipinski definition) is 2. The zero-order valence-corrected chi connectivity index (χ0v) is 11.3. The van der Waals surface area contributed by atoms with Gasteiger partial charge in [0.15, 0.2) is 0 Å². The van der Waals surface area contributed by atoms with E-state index in [1.54, 1.807) is 24.5 Å². The minimum Gasteiger partial charge on any atom is -0.394 e. The molecule has 0 spiro atoms. The summed E-state index contributed by atoms with van der Waals surface area (Å²) in [6.07, 6.45) is 5.28. The molecule has 3 rings (SSSR count). The van der Waals surface area contributed by atoms with Crippen LogP contribution in [0, 0.1) is 0 Å². The molecule has 0 unspecified atom stereocenters. The summed E-state index contributed by atoms with van der Waals surface area (Å²) >= 11 is 0. The number of benzene rings is 1. The molecule has 5 heteroatoms. The number of aliphatic hydroxyl groups excluding tert-OH is 1. The number of imidazole rings is 1. The van der Waals surface area contributed by atoms with Crippen LogP contribution in [0.5, 0.6) is 0 Å². The van der Waals surface area contributed by atoms with E-state index in [2.05, 4.69) is 10.3 Å². The Labute approximate surface area is 121 Å². The van der Waals surface area contributed by atoms with E-state index in [0.717, 1.165) is 5.56 Å². The van der Waals surface area contributed by atoms with Gasteiger partial charge in [-0.15, -0.1) is 0 Å². The van der Waals surface area contributed by atoms with E-state index in [4.69, 9.17) is 0 Å². The van der Waals surface area contributed by atoms with Crippen LogP contribution >= 0.6 is 0 Å². The lowest BCUT2D eigenvalue weighted by molar-refractivity contribution is 0.0916. The number of amides is 1. The number of nitrogens with zero attached hydrogens (tertiary/aromatic N) is 2. The normalized spacial score (nSPS) is 12.2. The van der Waals surface area contributed by atoms with Crippen molar-refractivity contribution in [3.63, 3.8) is 0 Å². The van der Waals surface area contributed by atoms with Crippen molar-refractivity contribution in [2.75, 3.05) is 6.61 Å². The predicted molar refractivity (Wildman–Crippen MR) is 78.9 cm³/mol. The first-order valence-corrected chi connectivity index (χ1v) is 6.67. The van der Waals surface area contributed by atoms with Crippen LogP contribution in [0.2, 0.25) is 0 Å². The molecule has 0 saturated carbocycles. The van der Waals surface area contributed by atoms with Gasteiger partial charge in [0.25, 0.3) is 5.91 Å². The molecule has 3 aromatic rings. The summed E-state index contributed by atoms with van der Waals surface area (Å²) in [5, 5.41) is 12.3. The first-order chi connectivity index (χ1) is 10.3. The second-order valence-corrected chi connectivity index (χ2v) is 4.73. The standard InChI is InChI=1S/C16H15N3O2/c20-11-14(12-4-2-1-3-5-12)18-16(21)13-6-8-19-9-7-17-15(19)10-13/h1-10,14,20H,11H2,(H,18,21)/t14-/m1/s1. The maximum Gasteiger partial charge on any atom is 0.252 e. The second kappa shape index (κ2) is 5.76. The fourth-order valence-electron chi connectivity index (χ4n) is 2.21. The Morgan fingerprint density at radius 3 is 2.81 bits per heavy atom. The molecule has 0 aliphatic carbocycles. The topological polar surface area (TPSA) is 66.6 Å². The maximum absolute atomic E-state index is 12.3. The maximum atomic E-state index is 12.3. The highest BCUT2D eigenvalue weighted by molar-refractivity contribution is 5.95. The van der Waals surface area contributed by atoms with Gasteiger partial charge in [-0.1, -0.05) is 30.3 Å². The van der Waals surface area contributed by atoms with Crippen molar-refractivity contribution in [1.82, 2.24) is 14.7 Å².